The van der Waals surface area contributed by atoms with E-state index in [9.17, 15) is 0 Å². The number of thiophene rings is 1. The van der Waals surface area contributed by atoms with E-state index in [1.165, 1.54) is 0 Å². The SMILES string of the molecule is Brc1cncc(NCc2nc(-c3cccs3)n[nH]2)c1. The van der Waals surface area contributed by atoms with Crippen molar-refractivity contribution in [2.75, 3.05) is 5.32 Å². The van der Waals surface area contributed by atoms with E-state index in [1.807, 2.05) is 23.6 Å². The Morgan fingerprint density at radius 3 is 3.11 bits per heavy atom. The quantitative estimate of drug-likeness (QED) is 0.767. The molecular formula is C12H10BrN5S. The molecule has 5 nitrogen and oxygen atoms in total. The van der Waals surface area contributed by atoms with Crippen LogP contribution in [0.15, 0.2) is 40.4 Å². The summed E-state index contributed by atoms with van der Waals surface area (Å²) in [6.45, 7) is 0.580. The van der Waals surface area contributed by atoms with Gasteiger partial charge in [-0.3, -0.25) is 10.1 Å². The molecular weight excluding hydrogens is 326 g/mol. The number of H-pyrrole nitrogens is 1. The van der Waals surface area contributed by atoms with Crippen LogP contribution in [0.4, 0.5) is 5.69 Å². The molecule has 3 aromatic heterocycles. The average molecular weight is 336 g/mol. The van der Waals surface area contributed by atoms with E-state index in [-0.39, 0.29) is 0 Å². The second-order valence-electron chi connectivity index (χ2n) is 3.83. The maximum absolute atomic E-state index is 4.44. The third kappa shape index (κ3) is 2.99. The van der Waals surface area contributed by atoms with Gasteiger partial charge in [0.2, 0.25) is 0 Å². The van der Waals surface area contributed by atoms with Crippen LogP contribution in [-0.4, -0.2) is 20.2 Å². The highest BCUT2D eigenvalue weighted by Gasteiger charge is 2.06. The molecule has 0 spiro atoms. The molecule has 0 saturated carbocycles. The van der Waals surface area contributed by atoms with Crippen molar-refractivity contribution in [2.45, 2.75) is 6.54 Å². The minimum absolute atomic E-state index is 0.580. The Labute approximate surface area is 122 Å². The fourth-order valence-corrected chi connectivity index (χ4v) is 2.61. The van der Waals surface area contributed by atoms with Gasteiger partial charge in [0.15, 0.2) is 5.82 Å². The number of aromatic nitrogens is 4. The Kier molecular flexibility index (Phi) is 3.56. The number of nitrogens with zero attached hydrogens (tertiary/aromatic N) is 3. The third-order valence-corrected chi connectivity index (χ3v) is 3.74. The number of hydrogen-bond acceptors (Lipinski definition) is 5. The molecule has 3 aromatic rings. The van der Waals surface area contributed by atoms with E-state index >= 15 is 0 Å². The molecule has 0 aliphatic carbocycles. The van der Waals surface area contributed by atoms with Gasteiger partial charge in [0, 0.05) is 10.7 Å². The maximum Gasteiger partial charge on any atom is 0.191 e. The van der Waals surface area contributed by atoms with Crippen LogP contribution < -0.4 is 5.32 Å². The molecule has 0 aliphatic rings. The number of anilines is 1. The van der Waals surface area contributed by atoms with Crippen LogP contribution in [0.5, 0.6) is 0 Å². The van der Waals surface area contributed by atoms with Gasteiger partial charge in [-0.15, -0.1) is 11.3 Å². The van der Waals surface area contributed by atoms with Crippen LogP contribution in [-0.2, 0) is 6.54 Å². The molecule has 0 radical (unpaired) electrons. The van der Waals surface area contributed by atoms with Crippen LogP contribution >= 0.6 is 27.3 Å². The second-order valence-corrected chi connectivity index (χ2v) is 5.69. The van der Waals surface area contributed by atoms with Gasteiger partial charge in [0.1, 0.15) is 5.82 Å². The van der Waals surface area contributed by atoms with E-state index in [4.69, 9.17) is 0 Å². The summed E-state index contributed by atoms with van der Waals surface area (Å²) < 4.78 is 0.939. The van der Waals surface area contributed by atoms with E-state index in [1.54, 1.807) is 23.7 Å². The summed E-state index contributed by atoms with van der Waals surface area (Å²) >= 11 is 5.01. The molecule has 0 unspecified atom stereocenters. The van der Waals surface area contributed by atoms with Crippen molar-refractivity contribution in [3.8, 4) is 10.7 Å². The van der Waals surface area contributed by atoms with Crippen LogP contribution in [0.2, 0.25) is 0 Å². The lowest BCUT2D eigenvalue weighted by Gasteiger charge is -2.03. The lowest BCUT2D eigenvalue weighted by molar-refractivity contribution is 0.953. The minimum Gasteiger partial charge on any atom is -0.376 e. The molecule has 7 heteroatoms. The number of aromatic amines is 1. The second kappa shape index (κ2) is 5.50. The first-order valence-electron chi connectivity index (χ1n) is 5.61. The van der Waals surface area contributed by atoms with Gasteiger partial charge < -0.3 is 5.32 Å². The Morgan fingerprint density at radius 1 is 1.37 bits per heavy atom. The highest BCUT2D eigenvalue weighted by molar-refractivity contribution is 9.10. The predicted octanol–water partition coefficient (Wildman–Crippen LogP) is 3.30. The van der Waals surface area contributed by atoms with Crippen molar-refractivity contribution in [1.29, 1.82) is 0 Å². The number of pyridine rings is 1. The Morgan fingerprint density at radius 2 is 2.32 bits per heavy atom. The zero-order valence-electron chi connectivity index (χ0n) is 9.80. The molecule has 2 N–H and O–H groups in total. The fraction of sp³-hybridized carbons (Fsp3) is 0.0833. The Bertz CT molecular complexity index is 664. The largest absolute Gasteiger partial charge is 0.376 e. The van der Waals surface area contributed by atoms with Crippen LogP contribution in [0.1, 0.15) is 5.82 Å². The molecule has 0 aliphatic heterocycles. The van der Waals surface area contributed by atoms with Crippen LogP contribution in [0, 0.1) is 0 Å². The highest BCUT2D eigenvalue weighted by Crippen LogP contribution is 2.20. The summed E-state index contributed by atoms with van der Waals surface area (Å²) in [5.74, 6) is 1.53. The molecule has 0 fully saturated rings. The fourth-order valence-electron chi connectivity index (χ4n) is 1.58. The van der Waals surface area contributed by atoms with E-state index < -0.39 is 0 Å². The zero-order valence-corrected chi connectivity index (χ0v) is 12.2. The number of halogens is 1. The monoisotopic (exact) mass is 335 g/mol. The Balaban J connectivity index is 1.68. The van der Waals surface area contributed by atoms with E-state index in [2.05, 4.69) is 41.4 Å². The zero-order chi connectivity index (χ0) is 13.1. The molecule has 0 saturated heterocycles. The number of hydrogen-bond donors (Lipinski definition) is 2. The van der Waals surface area contributed by atoms with Crippen molar-refractivity contribution < 1.29 is 0 Å². The lowest BCUT2D eigenvalue weighted by Crippen LogP contribution is -2.01. The molecule has 0 amide bonds. The van der Waals surface area contributed by atoms with Crippen molar-refractivity contribution in [2.24, 2.45) is 0 Å². The van der Waals surface area contributed by atoms with Crippen LogP contribution in [0.3, 0.4) is 0 Å². The highest BCUT2D eigenvalue weighted by atomic mass is 79.9. The van der Waals surface area contributed by atoms with Gasteiger partial charge in [-0.05, 0) is 33.4 Å². The van der Waals surface area contributed by atoms with Crippen molar-refractivity contribution >= 4 is 33.0 Å². The standard InChI is InChI=1S/C12H10BrN5S/c13-8-4-9(6-14-5-8)15-7-11-16-12(18-17-11)10-2-1-3-19-10/h1-6,15H,7H2,(H,16,17,18). The number of rotatable bonds is 4. The topological polar surface area (TPSA) is 66.5 Å². The van der Waals surface area contributed by atoms with Crippen molar-refractivity contribution in [3.05, 3.63) is 46.3 Å². The van der Waals surface area contributed by atoms with Crippen LogP contribution in [0.25, 0.3) is 10.7 Å². The van der Waals surface area contributed by atoms with Crippen molar-refractivity contribution in [3.63, 3.8) is 0 Å². The summed E-state index contributed by atoms with van der Waals surface area (Å²) in [4.78, 5) is 9.59. The van der Waals surface area contributed by atoms with Gasteiger partial charge in [-0.2, -0.15) is 5.10 Å². The van der Waals surface area contributed by atoms with E-state index in [0.29, 0.717) is 6.54 Å². The molecule has 0 aromatic carbocycles. The molecule has 0 bridgehead atoms. The molecule has 0 atom stereocenters. The summed E-state index contributed by atoms with van der Waals surface area (Å²) in [6, 6.07) is 5.95. The first kappa shape index (κ1) is 12.3. The smallest absolute Gasteiger partial charge is 0.191 e. The van der Waals surface area contributed by atoms with Gasteiger partial charge in [-0.25, -0.2) is 4.98 Å². The van der Waals surface area contributed by atoms with Crippen molar-refractivity contribution in [1.82, 2.24) is 20.2 Å². The lowest BCUT2D eigenvalue weighted by atomic mass is 10.4. The minimum atomic E-state index is 0.580. The van der Waals surface area contributed by atoms with Gasteiger partial charge >= 0.3 is 0 Å². The van der Waals surface area contributed by atoms with Gasteiger partial charge in [0.25, 0.3) is 0 Å². The molecule has 96 valence electrons. The first-order chi connectivity index (χ1) is 9.31. The molecule has 3 rings (SSSR count). The summed E-state index contributed by atoms with van der Waals surface area (Å²) in [7, 11) is 0. The maximum atomic E-state index is 4.44. The average Bonchev–Trinajstić information content (AvgIpc) is 3.07. The Hall–Kier alpha value is -1.73. The molecule has 3 heterocycles. The van der Waals surface area contributed by atoms with E-state index in [0.717, 1.165) is 26.7 Å². The predicted molar refractivity (Wildman–Crippen MR) is 79.0 cm³/mol. The summed E-state index contributed by atoms with van der Waals surface area (Å²) in [5.41, 5.74) is 0.934. The summed E-state index contributed by atoms with van der Waals surface area (Å²) in [5, 5.41) is 12.4. The molecule has 19 heavy (non-hydrogen) atoms. The van der Waals surface area contributed by atoms with Gasteiger partial charge in [-0.1, -0.05) is 6.07 Å². The van der Waals surface area contributed by atoms with Gasteiger partial charge in [0.05, 0.1) is 23.3 Å². The third-order valence-electron chi connectivity index (χ3n) is 2.44. The first-order valence-corrected chi connectivity index (χ1v) is 7.28. The normalized spacial score (nSPS) is 10.6. The number of nitrogens with one attached hydrogen (secondary N) is 2. The summed E-state index contributed by atoms with van der Waals surface area (Å²) in [6.07, 6.45) is 3.51.